The van der Waals surface area contributed by atoms with Gasteiger partial charge in [0.05, 0.1) is 0 Å². The second-order valence-electron chi connectivity index (χ2n) is 5.27. The van der Waals surface area contributed by atoms with Gasteiger partial charge in [0.2, 0.25) is 5.88 Å². The van der Waals surface area contributed by atoms with Crippen LogP contribution in [-0.2, 0) is 5.75 Å². The van der Waals surface area contributed by atoms with Gasteiger partial charge in [0, 0.05) is 41.7 Å². The summed E-state index contributed by atoms with van der Waals surface area (Å²) in [6.45, 7) is 3.57. The molecule has 0 radical (unpaired) electrons. The van der Waals surface area contributed by atoms with Crippen molar-refractivity contribution >= 4 is 29.5 Å². The Morgan fingerprint density at radius 1 is 1.33 bits per heavy atom. The van der Waals surface area contributed by atoms with Crippen LogP contribution in [0.15, 0.2) is 23.4 Å². The average Bonchev–Trinajstić information content (AvgIpc) is 2.51. The number of aryl methyl sites for hydroxylation is 1. The van der Waals surface area contributed by atoms with Crippen LogP contribution in [0.1, 0.15) is 16.8 Å². The van der Waals surface area contributed by atoms with Gasteiger partial charge in [-0.25, -0.2) is 14.2 Å². The van der Waals surface area contributed by atoms with Crippen LogP contribution in [0, 0.1) is 19.7 Å². The molecule has 0 unspecified atom stereocenters. The second-order valence-corrected chi connectivity index (χ2v) is 6.62. The fourth-order valence-corrected chi connectivity index (χ4v) is 2.95. The number of hydrogen-bond donors (Lipinski definition) is 0. The molecule has 0 N–H and O–H groups in total. The fourth-order valence-electron chi connectivity index (χ4n) is 1.72. The molecule has 0 aliphatic carbocycles. The van der Waals surface area contributed by atoms with Gasteiger partial charge in [0.25, 0.3) is 0 Å². The SMILES string of the molecule is Cc1nc(SCc2c(F)cccc2Cl)nc(OC(=O)N(C)C)c1C. The van der Waals surface area contributed by atoms with Crippen LogP contribution in [-0.4, -0.2) is 35.1 Å². The maximum atomic E-state index is 13.8. The first kappa shape index (κ1) is 18.5. The zero-order chi connectivity index (χ0) is 17.9. The predicted molar refractivity (Wildman–Crippen MR) is 92.2 cm³/mol. The van der Waals surface area contributed by atoms with E-state index in [-0.39, 0.29) is 17.5 Å². The van der Waals surface area contributed by atoms with E-state index in [4.69, 9.17) is 16.3 Å². The highest BCUT2D eigenvalue weighted by Crippen LogP contribution is 2.29. The van der Waals surface area contributed by atoms with Gasteiger partial charge in [-0.15, -0.1) is 0 Å². The van der Waals surface area contributed by atoms with E-state index in [9.17, 15) is 9.18 Å². The molecule has 0 atom stereocenters. The molecule has 0 aliphatic heterocycles. The third-order valence-corrected chi connectivity index (χ3v) is 4.51. The van der Waals surface area contributed by atoms with Gasteiger partial charge in [-0.1, -0.05) is 29.4 Å². The first-order chi connectivity index (χ1) is 11.3. The van der Waals surface area contributed by atoms with E-state index in [1.165, 1.54) is 22.7 Å². The number of ether oxygens (including phenoxy) is 1. The predicted octanol–water partition coefficient (Wildman–Crippen LogP) is 4.24. The lowest BCUT2D eigenvalue weighted by Crippen LogP contribution is -2.26. The molecule has 5 nitrogen and oxygen atoms in total. The van der Waals surface area contributed by atoms with Gasteiger partial charge in [0.1, 0.15) is 5.82 Å². The number of aromatic nitrogens is 2. The third-order valence-electron chi connectivity index (χ3n) is 3.28. The maximum Gasteiger partial charge on any atom is 0.416 e. The van der Waals surface area contributed by atoms with Crippen molar-refractivity contribution in [3.8, 4) is 5.88 Å². The highest BCUT2D eigenvalue weighted by Gasteiger charge is 2.16. The molecule has 0 aliphatic rings. The molecule has 0 saturated heterocycles. The summed E-state index contributed by atoms with van der Waals surface area (Å²) in [6.07, 6.45) is -0.524. The minimum atomic E-state index is -0.524. The second kappa shape index (κ2) is 7.81. The van der Waals surface area contributed by atoms with Crippen LogP contribution in [0.5, 0.6) is 5.88 Å². The quantitative estimate of drug-likeness (QED) is 0.596. The van der Waals surface area contributed by atoms with Crippen molar-refractivity contribution in [2.75, 3.05) is 14.1 Å². The average molecular weight is 370 g/mol. The summed E-state index contributed by atoms with van der Waals surface area (Å²) >= 11 is 7.24. The normalized spacial score (nSPS) is 10.6. The van der Waals surface area contributed by atoms with Gasteiger partial charge >= 0.3 is 6.09 Å². The van der Waals surface area contributed by atoms with Crippen LogP contribution in [0.25, 0.3) is 0 Å². The lowest BCUT2D eigenvalue weighted by Gasteiger charge is -2.13. The van der Waals surface area contributed by atoms with Gasteiger partial charge in [-0.05, 0) is 26.0 Å². The number of hydrogen-bond acceptors (Lipinski definition) is 5. The Hall–Kier alpha value is -1.86. The summed E-state index contributed by atoms with van der Waals surface area (Å²) < 4.78 is 19.1. The minimum Gasteiger partial charge on any atom is -0.391 e. The summed E-state index contributed by atoms with van der Waals surface area (Å²) in [7, 11) is 3.17. The largest absolute Gasteiger partial charge is 0.416 e. The Bertz CT molecular complexity index is 751. The topological polar surface area (TPSA) is 55.3 Å². The Morgan fingerprint density at radius 3 is 2.67 bits per heavy atom. The number of nitrogens with zero attached hydrogens (tertiary/aromatic N) is 3. The highest BCUT2D eigenvalue weighted by molar-refractivity contribution is 7.98. The first-order valence-corrected chi connectivity index (χ1v) is 8.46. The zero-order valence-electron chi connectivity index (χ0n) is 13.8. The molecule has 8 heteroatoms. The smallest absolute Gasteiger partial charge is 0.391 e. The van der Waals surface area contributed by atoms with Crippen molar-refractivity contribution in [1.82, 2.24) is 14.9 Å². The van der Waals surface area contributed by atoms with E-state index in [0.717, 1.165) is 0 Å². The Kier molecular flexibility index (Phi) is 6.01. The zero-order valence-corrected chi connectivity index (χ0v) is 15.3. The molecule has 0 fully saturated rings. The van der Waals surface area contributed by atoms with E-state index < -0.39 is 6.09 Å². The summed E-state index contributed by atoms with van der Waals surface area (Å²) in [5.74, 6) is 0.0937. The third kappa shape index (κ3) is 4.36. The van der Waals surface area contributed by atoms with Crippen molar-refractivity contribution in [2.24, 2.45) is 0 Å². The van der Waals surface area contributed by atoms with Crippen LogP contribution in [0.3, 0.4) is 0 Å². The van der Waals surface area contributed by atoms with E-state index >= 15 is 0 Å². The molecule has 24 heavy (non-hydrogen) atoms. The first-order valence-electron chi connectivity index (χ1n) is 7.09. The van der Waals surface area contributed by atoms with Crippen molar-refractivity contribution in [2.45, 2.75) is 24.8 Å². The molecule has 0 saturated carbocycles. The maximum absolute atomic E-state index is 13.8. The van der Waals surface area contributed by atoms with Crippen molar-refractivity contribution in [3.05, 3.63) is 45.9 Å². The summed E-state index contributed by atoms with van der Waals surface area (Å²) in [5.41, 5.74) is 1.75. The fraction of sp³-hybridized carbons (Fsp3) is 0.312. The highest BCUT2D eigenvalue weighted by atomic mass is 35.5. The van der Waals surface area contributed by atoms with E-state index in [0.29, 0.717) is 27.0 Å². The van der Waals surface area contributed by atoms with Crippen molar-refractivity contribution < 1.29 is 13.9 Å². The molecule has 1 amide bonds. The molecule has 128 valence electrons. The Balaban J connectivity index is 2.22. The van der Waals surface area contributed by atoms with Gasteiger partial charge in [-0.3, -0.25) is 0 Å². The number of rotatable bonds is 4. The molecule has 2 aromatic rings. The Labute approximate surface area is 149 Å². The molecular weight excluding hydrogens is 353 g/mol. The molecule has 1 heterocycles. The molecule has 1 aromatic heterocycles. The van der Waals surface area contributed by atoms with E-state index in [1.54, 1.807) is 40.1 Å². The van der Waals surface area contributed by atoms with Crippen LogP contribution >= 0.6 is 23.4 Å². The summed E-state index contributed by atoms with van der Waals surface area (Å²) in [5, 5.41) is 0.740. The van der Waals surface area contributed by atoms with Gasteiger partial charge in [0.15, 0.2) is 5.16 Å². The summed E-state index contributed by atoms with van der Waals surface area (Å²) in [6, 6.07) is 4.54. The number of carbonyl (C=O) groups excluding carboxylic acids is 1. The number of benzene rings is 1. The minimum absolute atomic E-state index is 0.198. The molecule has 0 spiro atoms. The van der Waals surface area contributed by atoms with Crippen LogP contribution in [0.2, 0.25) is 5.02 Å². The Morgan fingerprint density at radius 2 is 2.04 bits per heavy atom. The lowest BCUT2D eigenvalue weighted by atomic mass is 10.2. The van der Waals surface area contributed by atoms with Crippen molar-refractivity contribution in [1.29, 1.82) is 0 Å². The van der Waals surface area contributed by atoms with Gasteiger partial charge in [-0.2, -0.15) is 4.98 Å². The van der Waals surface area contributed by atoms with Gasteiger partial charge < -0.3 is 9.64 Å². The van der Waals surface area contributed by atoms with E-state index in [1.807, 2.05) is 0 Å². The number of halogens is 2. The standard InChI is InChI=1S/C16H17ClFN3O2S/c1-9-10(2)19-15(20-14(9)23-16(22)21(3)4)24-8-11-12(17)6-5-7-13(11)18/h5-7H,8H2,1-4H3. The van der Waals surface area contributed by atoms with Crippen LogP contribution < -0.4 is 4.74 Å². The summed E-state index contributed by atoms with van der Waals surface area (Å²) in [4.78, 5) is 21.6. The van der Waals surface area contributed by atoms with Crippen molar-refractivity contribution in [3.63, 3.8) is 0 Å². The molecule has 1 aromatic carbocycles. The lowest BCUT2D eigenvalue weighted by molar-refractivity contribution is 0.169. The number of thioether (sulfide) groups is 1. The monoisotopic (exact) mass is 369 g/mol. The number of carbonyl (C=O) groups is 1. The van der Waals surface area contributed by atoms with E-state index in [2.05, 4.69) is 9.97 Å². The molecule has 2 rings (SSSR count). The molecule has 0 bridgehead atoms. The molecular formula is C16H17ClFN3O2S. The number of amides is 1. The van der Waals surface area contributed by atoms with Crippen LogP contribution in [0.4, 0.5) is 9.18 Å².